The Morgan fingerprint density at radius 3 is 2.48 bits per heavy atom. The summed E-state index contributed by atoms with van der Waals surface area (Å²) in [5, 5.41) is 2.86. The van der Waals surface area contributed by atoms with Crippen LogP contribution in [0.1, 0.15) is 31.5 Å². The molecule has 124 valence electrons. The number of halogens is 1. The van der Waals surface area contributed by atoms with Crippen LogP contribution in [-0.4, -0.2) is 23.1 Å². The molecule has 0 aliphatic heterocycles. The van der Waals surface area contributed by atoms with Gasteiger partial charge < -0.3 is 9.64 Å². The maximum Gasteiger partial charge on any atom is 0.253 e. The van der Waals surface area contributed by atoms with Gasteiger partial charge in [-0.2, -0.15) is 0 Å². The number of aryl methyl sites for hydroxylation is 1. The molecule has 0 fully saturated rings. The Bertz CT molecular complexity index is 662. The summed E-state index contributed by atoms with van der Waals surface area (Å²) in [6.07, 6.45) is 0. The van der Waals surface area contributed by atoms with E-state index in [0.29, 0.717) is 12.2 Å². The molecule has 23 heavy (non-hydrogen) atoms. The van der Waals surface area contributed by atoms with Gasteiger partial charge in [-0.3, -0.25) is 4.79 Å². The van der Waals surface area contributed by atoms with Gasteiger partial charge >= 0.3 is 0 Å². The van der Waals surface area contributed by atoms with Crippen molar-refractivity contribution in [2.24, 2.45) is 0 Å². The fourth-order valence-electron chi connectivity index (χ4n) is 1.94. The van der Waals surface area contributed by atoms with E-state index in [1.54, 1.807) is 17.0 Å². The maximum absolute atomic E-state index is 13.1. The lowest BCUT2D eigenvalue weighted by atomic mass is 10.2. The summed E-state index contributed by atoms with van der Waals surface area (Å²) in [5.41, 5.74) is 1.03. The molecule has 0 atom stereocenters. The van der Waals surface area contributed by atoms with E-state index in [0.717, 1.165) is 10.7 Å². The van der Waals surface area contributed by atoms with Gasteiger partial charge in [0.1, 0.15) is 12.4 Å². The molecule has 4 nitrogen and oxygen atoms in total. The molecule has 1 heterocycles. The zero-order valence-corrected chi connectivity index (χ0v) is 14.6. The number of anilines is 1. The molecule has 0 unspecified atom stereocenters. The lowest BCUT2D eigenvalue weighted by Crippen LogP contribution is -2.36. The lowest BCUT2D eigenvalue weighted by molar-refractivity contribution is -0.128. The molecule has 1 amide bonds. The van der Waals surface area contributed by atoms with Crippen molar-refractivity contribution < 1.29 is 13.9 Å². The van der Waals surface area contributed by atoms with E-state index in [4.69, 9.17) is 4.74 Å². The van der Waals surface area contributed by atoms with Gasteiger partial charge in [0, 0.05) is 11.1 Å². The molecule has 0 N–H and O–H groups in total. The zero-order valence-electron chi connectivity index (χ0n) is 13.8. The van der Waals surface area contributed by atoms with Crippen molar-refractivity contribution in [1.82, 2.24) is 4.98 Å². The van der Waals surface area contributed by atoms with Crippen molar-refractivity contribution in [2.75, 3.05) is 11.5 Å². The van der Waals surface area contributed by atoms with Crippen LogP contribution in [0.25, 0.3) is 0 Å². The van der Waals surface area contributed by atoms with Crippen molar-refractivity contribution in [3.8, 4) is 0 Å². The number of carbonyl (C=O) groups is 1. The van der Waals surface area contributed by atoms with Crippen molar-refractivity contribution >= 4 is 22.9 Å². The maximum atomic E-state index is 13.1. The van der Waals surface area contributed by atoms with E-state index < -0.39 is 5.60 Å². The third-order valence-corrected chi connectivity index (χ3v) is 3.88. The second-order valence-electron chi connectivity index (χ2n) is 6.22. The van der Waals surface area contributed by atoms with Crippen LogP contribution in [0.3, 0.4) is 0 Å². The van der Waals surface area contributed by atoms with Crippen molar-refractivity contribution in [1.29, 1.82) is 0 Å². The molecule has 0 bridgehead atoms. The van der Waals surface area contributed by atoms with E-state index in [1.165, 1.54) is 23.5 Å². The molecule has 2 aromatic rings. The first-order chi connectivity index (χ1) is 10.7. The number of thiazole rings is 1. The van der Waals surface area contributed by atoms with Gasteiger partial charge in [-0.25, -0.2) is 9.37 Å². The zero-order chi connectivity index (χ0) is 17.0. The molecule has 2 rings (SSSR count). The average molecular weight is 336 g/mol. The summed E-state index contributed by atoms with van der Waals surface area (Å²) >= 11 is 1.53. The molecule has 0 spiro atoms. The highest BCUT2D eigenvalue weighted by Crippen LogP contribution is 2.20. The van der Waals surface area contributed by atoms with Crippen LogP contribution in [0.5, 0.6) is 0 Å². The molecule has 0 aliphatic carbocycles. The first kappa shape index (κ1) is 17.6. The minimum atomic E-state index is -0.401. The monoisotopic (exact) mass is 336 g/mol. The number of nitrogens with zero attached hydrogens (tertiary/aromatic N) is 2. The molecular formula is C17H21FN2O2S. The highest BCUT2D eigenvalue weighted by Gasteiger charge is 2.20. The second-order valence-corrected chi connectivity index (χ2v) is 7.28. The van der Waals surface area contributed by atoms with Crippen LogP contribution in [0.4, 0.5) is 10.1 Å². The highest BCUT2D eigenvalue weighted by atomic mass is 32.1. The van der Waals surface area contributed by atoms with Crippen molar-refractivity contribution in [2.45, 2.75) is 39.8 Å². The standard InChI is InChI=1S/C17H21FN2O2S/c1-12-19-14(11-23-12)9-20(15-7-5-13(18)6-8-15)16(21)10-22-17(2,3)4/h5-8,11H,9-10H2,1-4H3. The van der Waals surface area contributed by atoms with Gasteiger partial charge in [0.25, 0.3) is 5.91 Å². The molecule has 0 radical (unpaired) electrons. The summed E-state index contributed by atoms with van der Waals surface area (Å²) in [6, 6.07) is 5.85. The van der Waals surface area contributed by atoms with Crippen LogP contribution >= 0.6 is 11.3 Å². The molecule has 1 aromatic carbocycles. The molecule has 0 saturated carbocycles. The van der Waals surface area contributed by atoms with Gasteiger partial charge in [0.15, 0.2) is 0 Å². The Kier molecular flexibility index (Phi) is 5.49. The Labute approximate surface area is 139 Å². The molecule has 0 aliphatic rings. The number of carbonyl (C=O) groups excluding carboxylic acids is 1. The second kappa shape index (κ2) is 7.19. The first-order valence-electron chi connectivity index (χ1n) is 7.35. The van der Waals surface area contributed by atoms with Crippen molar-refractivity contribution in [3.63, 3.8) is 0 Å². The third-order valence-electron chi connectivity index (χ3n) is 3.05. The Morgan fingerprint density at radius 2 is 1.96 bits per heavy atom. The number of aromatic nitrogens is 1. The van der Waals surface area contributed by atoms with Gasteiger partial charge in [-0.15, -0.1) is 11.3 Å². The van der Waals surface area contributed by atoms with E-state index >= 15 is 0 Å². The molecular weight excluding hydrogens is 315 g/mol. The van der Waals surface area contributed by atoms with Gasteiger partial charge in [-0.1, -0.05) is 0 Å². The van der Waals surface area contributed by atoms with E-state index in [1.807, 2.05) is 33.1 Å². The molecule has 1 aromatic heterocycles. The van der Waals surface area contributed by atoms with Gasteiger partial charge in [0.05, 0.1) is 22.8 Å². The van der Waals surface area contributed by atoms with Gasteiger partial charge in [-0.05, 0) is 52.0 Å². The van der Waals surface area contributed by atoms with Crippen LogP contribution in [0.2, 0.25) is 0 Å². The fraction of sp³-hybridized carbons (Fsp3) is 0.412. The fourth-order valence-corrected chi connectivity index (χ4v) is 2.55. The minimum Gasteiger partial charge on any atom is -0.366 e. The number of hydrogen-bond acceptors (Lipinski definition) is 4. The number of benzene rings is 1. The van der Waals surface area contributed by atoms with Gasteiger partial charge in [0.2, 0.25) is 0 Å². The Morgan fingerprint density at radius 1 is 1.30 bits per heavy atom. The predicted octanol–water partition coefficient (Wildman–Crippen LogP) is 3.94. The first-order valence-corrected chi connectivity index (χ1v) is 8.23. The Hall–Kier alpha value is -1.79. The van der Waals surface area contributed by atoms with Crippen LogP contribution < -0.4 is 4.90 Å². The van der Waals surface area contributed by atoms with Crippen LogP contribution in [-0.2, 0) is 16.1 Å². The van der Waals surface area contributed by atoms with Crippen LogP contribution in [0, 0.1) is 12.7 Å². The number of amides is 1. The predicted molar refractivity (Wildman–Crippen MR) is 90.1 cm³/mol. The lowest BCUT2D eigenvalue weighted by Gasteiger charge is -2.25. The summed E-state index contributed by atoms with van der Waals surface area (Å²) in [6.45, 7) is 7.90. The number of rotatable bonds is 5. The Balaban J connectivity index is 2.19. The number of ether oxygens (including phenoxy) is 1. The third kappa shape index (κ3) is 5.41. The van der Waals surface area contributed by atoms with Crippen LogP contribution in [0.15, 0.2) is 29.6 Å². The SMILES string of the molecule is Cc1nc(CN(C(=O)COC(C)(C)C)c2ccc(F)cc2)cs1. The summed E-state index contributed by atoms with van der Waals surface area (Å²) in [5.74, 6) is -0.520. The summed E-state index contributed by atoms with van der Waals surface area (Å²) in [4.78, 5) is 18.5. The number of hydrogen-bond donors (Lipinski definition) is 0. The molecule has 6 heteroatoms. The average Bonchev–Trinajstić information content (AvgIpc) is 2.88. The highest BCUT2D eigenvalue weighted by molar-refractivity contribution is 7.09. The topological polar surface area (TPSA) is 42.4 Å². The van der Waals surface area contributed by atoms with E-state index in [9.17, 15) is 9.18 Å². The normalized spacial score (nSPS) is 11.5. The van der Waals surface area contributed by atoms with E-state index in [2.05, 4.69) is 4.98 Å². The minimum absolute atomic E-state index is 0.0377. The largest absolute Gasteiger partial charge is 0.366 e. The summed E-state index contributed by atoms with van der Waals surface area (Å²) < 4.78 is 18.7. The molecule has 0 saturated heterocycles. The summed E-state index contributed by atoms with van der Waals surface area (Å²) in [7, 11) is 0. The van der Waals surface area contributed by atoms with Crippen molar-refractivity contribution in [3.05, 3.63) is 46.2 Å². The smallest absolute Gasteiger partial charge is 0.253 e. The quantitative estimate of drug-likeness (QED) is 0.830. The van der Waals surface area contributed by atoms with E-state index in [-0.39, 0.29) is 18.3 Å².